The van der Waals surface area contributed by atoms with Crippen LogP contribution in [0.2, 0.25) is 0 Å². The molecule has 1 fully saturated rings. The van der Waals surface area contributed by atoms with Crippen LogP contribution in [0.25, 0.3) is 0 Å². The van der Waals surface area contributed by atoms with Gasteiger partial charge < -0.3 is 4.74 Å². The highest BCUT2D eigenvalue weighted by atomic mass is 16.6. The van der Waals surface area contributed by atoms with Crippen molar-refractivity contribution in [3.63, 3.8) is 0 Å². The van der Waals surface area contributed by atoms with Crippen LogP contribution in [-0.4, -0.2) is 11.5 Å². The van der Waals surface area contributed by atoms with Gasteiger partial charge in [0.05, 0.1) is 17.6 Å². The molecule has 0 bridgehead atoms. The molecular formula is C11H12NO3. The lowest BCUT2D eigenvalue weighted by molar-refractivity contribution is -0.384. The highest BCUT2D eigenvalue weighted by molar-refractivity contribution is 5.45. The van der Waals surface area contributed by atoms with E-state index < -0.39 is 4.92 Å². The van der Waals surface area contributed by atoms with Gasteiger partial charge in [0.15, 0.2) is 0 Å². The molecule has 0 unspecified atom stereocenters. The summed E-state index contributed by atoms with van der Waals surface area (Å²) in [5.74, 6) is 1.15. The molecule has 0 heterocycles. The second-order valence-electron chi connectivity index (χ2n) is 3.80. The summed E-state index contributed by atoms with van der Waals surface area (Å²) in [6.45, 7) is 4.41. The normalized spacial score (nSPS) is 15.0. The van der Waals surface area contributed by atoms with Gasteiger partial charge in [0, 0.05) is 6.07 Å². The predicted molar refractivity (Wildman–Crippen MR) is 55.8 cm³/mol. The second kappa shape index (κ2) is 3.88. The quantitative estimate of drug-likeness (QED) is 0.562. The van der Waals surface area contributed by atoms with Crippen LogP contribution in [0.4, 0.5) is 5.69 Å². The zero-order valence-corrected chi connectivity index (χ0v) is 8.31. The highest BCUT2D eigenvalue weighted by Gasteiger charge is 2.22. The molecule has 1 aliphatic rings. The zero-order chi connectivity index (χ0) is 10.8. The third-order valence-corrected chi connectivity index (χ3v) is 2.43. The minimum atomic E-state index is -0.427. The topological polar surface area (TPSA) is 52.4 Å². The van der Waals surface area contributed by atoms with Crippen LogP contribution in [0.1, 0.15) is 18.4 Å². The van der Waals surface area contributed by atoms with Gasteiger partial charge in [-0.2, -0.15) is 0 Å². The number of ether oxygens (including phenoxy) is 1. The summed E-state index contributed by atoms with van der Waals surface area (Å²) in [5.41, 5.74) is 0.745. The Hall–Kier alpha value is -1.58. The van der Waals surface area contributed by atoms with Crippen molar-refractivity contribution in [1.29, 1.82) is 0 Å². The molecule has 4 heteroatoms. The SMILES string of the molecule is [CH2]c1ccc([N+](=O)[O-])cc1OCC1CC1. The Kier molecular flexibility index (Phi) is 2.58. The first-order valence-electron chi connectivity index (χ1n) is 4.90. The van der Waals surface area contributed by atoms with Crippen LogP contribution in [-0.2, 0) is 0 Å². The predicted octanol–water partition coefficient (Wildman–Crippen LogP) is 2.57. The van der Waals surface area contributed by atoms with Crippen molar-refractivity contribution in [2.75, 3.05) is 6.61 Å². The van der Waals surface area contributed by atoms with Gasteiger partial charge in [0.25, 0.3) is 5.69 Å². The van der Waals surface area contributed by atoms with Gasteiger partial charge in [0.2, 0.25) is 0 Å². The van der Waals surface area contributed by atoms with Gasteiger partial charge in [-0.05, 0) is 37.3 Å². The van der Waals surface area contributed by atoms with Gasteiger partial charge in [-0.15, -0.1) is 0 Å². The Morgan fingerprint density at radius 2 is 2.27 bits per heavy atom. The number of nitrogens with zero attached hydrogens (tertiary/aromatic N) is 1. The molecule has 0 N–H and O–H groups in total. The molecule has 0 saturated heterocycles. The number of nitro benzene ring substituents is 1. The van der Waals surface area contributed by atoms with E-state index in [1.54, 1.807) is 6.07 Å². The minimum absolute atomic E-state index is 0.0493. The van der Waals surface area contributed by atoms with Crippen LogP contribution in [0.5, 0.6) is 5.75 Å². The number of benzene rings is 1. The van der Waals surface area contributed by atoms with Crippen molar-refractivity contribution in [3.8, 4) is 5.75 Å². The van der Waals surface area contributed by atoms with E-state index in [-0.39, 0.29) is 5.69 Å². The van der Waals surface area contributed by atoms with Crippen LogP contribution in [0.15, 0.2) is 18.2 Å². The molecule has 0 aliphatic heterocycles. The lowest BCUT2D eigenvalue weighted by Gasteiger charge is -2.07. The number of nitro groups is 1. The van der Waals surface area contributed by atoms with E-state index in [1.165, 1.54) is 25.0 Å². The van der Waals surface area contributed by atoms with Gasteiger partial charge in [-0.1, -0.05) is 0 Å². The van der Waals surface area contributed by atoms with E-state index in [0.29, 0.717) is 23.8 Å². The smallest absolute Gasteiger partial charge is 0.273 e. The second-order valence-corrected chi connectivity index (χ2v) is 3.80. The molecule has 1 radical (unpaired) electrons. The van der Waals surface area contributed by atoms with E-state index >= 15 is 0 Å². The lowest BCUT2D eigenvalue weighted by Crippen LogP contribution is -2.01. The summed E-state index contributed by atoms with van der Waals surface area (Å²) in [4.78, 5) is 10.1. The van der Waals surface area contributed by atoms with Crippen molar-refractivity contribution < 1.29 is 9.66 Å². The highest BCUT2D eigenvalue weighted by Crippen LogP contribution is 2.31. The summed E-state index contributed by atoms with van der Waals surface area (Å²) < 4.78 is 5.48. The molecule has 0 amide bonds. The molecule has 2 rings (SSSR count). The largest absolute Gasteiger partial charge is 0.493 e. The first-order valence-corrected chi connectivity index (χ1v) is 4.90. The Bertz CT molecular complexity index is 385. The monoisotopic (exact) mass is 206 g/mol. The van der Waals surface area contributed by atoms with E-state index in [2.05, 4.69) is 6.92 Å². The molecule has 0 spiro atoms. The average molecular weight is 206 g/mol. The summed E-state index contributed by atoms with van der Waals surface area (Å²) >= 11 is 0. The van der Waals surface area contributed by atoms with Gasteiger partial charge >= 0.3 is 0 Å². The Morgan fingerprint density at radius 3 is 2.87 bits per heavy atom. The Labute approximate surface area is 88.0 Å². The Balaban J connectivity index is 2.12. The van der Waals surface area contributed by atoms with Crippen LogP contribution in [0, 0.1) is 23.0 Å². The maximum absolute atomic E-state index is 10.5. The molecule has 0 atom stereocenters. The minimum Gasteiger partial charge on any atom is -0.493 e. The number of hydrogen-bond donors (Lipinski definition) is 0. The van der Waals surface area contributed by atoms with Gasteiger partial charge in [-0.25, -0.2) is 0 Å². The van der Waals surface area contributed by atoms with Crippen molar-refractivity contribution in [1.82, 2.24) is 0 Å². The summed E-state index contributed by atoms with van der Waals surface area (Å²) in [6.07, 6.45) is 2.39. The van der Waals surface area contributed by atoms with Crippen molar-refractivity contribution in [2.45, 2.75) is 12.8 Å². The van der Waals surface area contributed by atoms with Crippen LogP contribution in [0.3, 0.4) is 0 Å². The molecule has 15 heavy (non-hydrogen) atoms. The van der Waals surface area contributed by atoms with Crippen LogP contribution >= 0.6 is 0 Å². The first-order chi connectivity index (χ1) is 7.16. The third kappa shape index (κ3) is 2.46. The van der Waals surface area contributed by atoms with Crippen LogP contribution < -0.4 is 4.74 Å². The molecule has 0 aromatic heterocycles. The first kappa shape index (κ1) is 9.96. The molecular weight excluding hydrogens is 194 g/mol. The number of rotatable bonds is 4. The summed E-state index contributed by atoms with van der Waals surface area (Å²) in [6, 6.07) is 4.48. The van der Waals surface area contributed by atoms with Crippen molar-refractivity contribution in [3.05, 3.63) is 40.8 Å². The number of non-ortho nitro benzene ring substituents is 1. The molecule has 1 aromatic carbocycles. The van der Waals surface area contributed by atoms with E-state index in [1.807, 2.05) is 0 Å². The molecule has 4 nitrogen and oxygen atoms in total. The maximum atomic E-state index is 10.5. The molecule has 1 aliphatic carbocycles. The van der Waals surface area contributed by atoms with E-state index in [9.17, 15) is 10.1 Å². The molecule has 1 saturated carbocycles. The van der Waals surface area contributed by atoms with Gasteiger partial charge in [0.1, 0.15) is 5.75 Å². The van der Waals surface area contributed by atoms with Crippen molar-refractivity contribution >= 4 is 5.69 Å². The van der Waals surface area contributed by atoms with Gasteiger partial charge in [-0.3, -0.25) is 10.1 Å². The average Bonchev–Trinajstić information content (AvgIpc) is 3.00. The third-order valence-electron chi connectivity index (χ3n) is 2.43. The molecule has 1 aromatic rings. The standard InChI is InChI=1S/C11H12NO3/c1-8-2-5-10(12(13)14)6-11(8)15-7-9-3-4-9/h2,5-6,9H,1,3-4,7H2. The van der Waals surface area contributed by atoms with Crippen molar-refractivity contribution in [2.24, 2.45) is 5.92 Å². The number of hydrogen-bond acceptors (Lipinski definition) is 3. The lowest BCUT2D eigenvalue weighted by atomic mass is 10.2. The van der Waals surface area contributed by atoms with E-state index in [4.69, 9.17) is 4.74 Å². The fourth-order valence-corrected chi connectivity index (χ4v) is 1.28. The summed E-state index contributed by atoms with van der Waals surface area (Å²) in [5, 5.41) is 10.5. The fourth-order valence-electron chi connectivity index (χ4n) is 1.28. The maximum Gasteiger partial charge on any atom is 0.273 e. The van der Waals surface area contributed by atoms with E-state index in [0.717, 1.165) is 0 Å². The Morgan fingerprint density at radius 1 is 1.53 bits per heavy atom. The summed E-state index contributed by atoms with van der Waals surface area (Å²) in [7, 11) is 0. The zero-order valence-electron chi connectivity index (χ0n) is 8.31. The fraction of sp³-hybridized carbons (Fsp3) is 0.364. The molecule has 79 valence electrons.